The molecule has 0 atom stereocenters. The predicted octanol–water partition coefficient (Wildman–Crippen LogP) is 4.29. The molecular weight excluding hydrogens is 390 g/mol. The number of amides is 1. The highest BCUT2D eigenvalue weighted by Crippen LogP contribution is 2.28. The van der Waals surface area contributed by atoms with Gasteiger partial charge in [-0.2, -0.15) is 5.10 Å². The summed E-state index contributed by atoms with van der Waals surface area (Å²) in [6.45, 7) is 4.18. The van der Waals surface area contributed by atoms with E-state index in [0.29, 0.717) is 45.5 Å². The maximum atomic E-state index is 12.7. The first-order valence-corrected chi connectivity index (χ1v) is 11.1. The molecule has 1 fully saturated rings. The molecule has 0 saturated carbocycles. The lowest BCUT2D eigenvalue weighted by Gasteiger charge is -2.31. The minimum absolute atomic E-state index is 0.0733. The van der Waals surface area contributed by atoms with Gasteiger partial charge in [-0.15, -0.1) is 0 Å². The predicted molar refractivity (Wildman–Crippen MR) is 120 cm³/mol. The van der Waals surface area contributed by atoms with Crippen LogP contribution in [0, 0.1) is 5.92 Å². The average molecular weight is 420 g/mol. The Morgan fingerprint density at radius 3 is 2.48 bits per heavy atom. The Balaban J connectivity index is 1.35. The van der Waals surface area contributed by atoms with Crippen LogP contribution in [0.4, 0.5) is 0 Å². The number of carbonyl (C=O) groups is 2. The molecule has 2 aromatic carbocycles. The van der Waals surface area contributed by atoms with Gasteiger partial charge in [0.1, 0.15) is 5.69 Å². The molecule has 3 aromatic rings. The lowest BCUT2D eigenvalue weighted by atomic mass is 9.97. The van der Waals surface area contributed by atoms with Crippen molar-refractivity contribution >= 4 is 22.8 Å². The Hall–Kier alpha value is -3.15. The fourth-order valence-corrected chi connectivity index (χ4v) is 4.27. The average Bonchev–Trinajstić information content (AvgIpc) is 3.18. The lowest BCUT2D eigenvalue weighted by Crippen LogP contribution is -2.40. The lowest BCUT2D eigenvalue weighted by molar-refractivity contribution is -0.151. The number of nitrogens with zero attached hydrogens (tertiary/aromatic N) is 3. The molecule has 0 bridgehead atoms. The van der Waals surface area contributed by atoms with Crippen LogP contribution in [0.2, 0.25) is 0 Å². The van der Waals surface area contributed by atoms with Crippen LogP contribution in [0.1, 0.15) is 32.6 Å². The molecule has 6 nitrogen and oxygen atoms in total. The maximum Gasteiger partial charge on any atom is 0.309 e. The summed E-state index contributed by atoms with van der Waals surface area (Å²) in [5.41, 5.74) is 3.16. The number of benzene rings is 2. The summed E-state index contributed by atoms with van der Waals surface area (Å²) in [5.74, 6) is -0.0488. The Bertz CT molecular complexity index is 1040. The monoisotopic (exact) mass is 419 g/mol. The van der Waals surface area contributed by atoms with Crippen molar-refractivity contribution in [3.8, 4) is 11.3 Å². The molecule has 0 N–H and O–H groups in total. The number of hydrogen-bond acceptors (Lipinski definition) is 4. The minimum Gasteiger partial charge on any atom is -0.466 e. The normalized spacial score (nSPS) is 14.7. The summed E-state index contributed by atoms with van der Waals surface area (Å²) < 4.78 is 7.12. The van der Waals surface area contributed by atoms with Crippen LogP contribution >= 0.6 is 0 Å². The summed E-state index contributed by atoms with van der Waals surface area (Å²) in [4.78, 5) is 26.4. The van der Waals surface area contributed by atoms with Crippen molar-refractivity contribution in [1.29, 1.82) is 0 Å². The van der Waals surface area contributed by atoms with E-state index < -0.39 is 0 Å². The molecule has 1 amide bonds. The number of fused-ring (bicyclic) bond motifs is 1. The van der Waals surface area contributed by atoms with Crippen LogP contribution in [-0.4, -0.2) is 46.3 Å². The first-order chi connectivity index (χ1) is 15.2. The van der Waals surface area contributed by atoms with E-state index in [9.17, 15) is 9.59 Å². The number of aromatic nitrogens is 2. The van der Waals surface area contributed by atoms with Crippen LogP contribution in [0.3, 0.4) is 0 Å². The highest BCUT2D eigenvalue weighted by Gasteiger charge is 2.27. The van der Waals surface area contributed by atoms with Gasteiger partial charge in [0, 0.05) is 37.0 Å². The molecular formula is C25H29N3O3. The Labute approximate surface area is 182 Å². The summed E-state index contributed by atoms with van der Waals surface area (Å²) in [6, 6.07) is 18.4. The van der Waals surface area contributed by atoms with Crippen molar-refractivity contribution in [2.24, 2.45) is 5.92 Å². The molecule has 4 rings (SSSR count). The first-order valence-electron chi connectivity index (χ1n) is 11.1. The molecule has 1 aromatic heterocycles. The zero-order valence-electron chi connectivity index (χ0n) is 18.0. The Morgan fingerprint density at radius 1 is 1.03 bits per heavy atom. The number of hydrogen-bond donors (Lipinski definition) is 0. The molecule has 0 aliphatic carbocycles. The second kappa shape index (κ2) is 9.77. The van der Waals surface area contributed by atoms with Gasteiger partial charge in [-0.25, -0.2) is 0 Å². The van der Waals surface area contributed by atoms with Crippen molar-refractivity contribution in [1.82, 2.24) is 14.7 Å². The number of rotatable bonds is 7. The number of para-hydroxylation sites is 1. The van der Waals surface area contributed by atoms with Gasteiger partial charge in [-0.1, -0.05) is 48.5 Å². The molecule has 0 radical (unpaired) electrons. The van der Waals surface area contributed by atoms with E-state index in [-0.39, 0.29) is 17.8 Å². The minimum atomic E-state index is -0.130. The number of ether oxygens (including phenoxy) is 1. The highest BCUT2D eigenvalue weighted by atomic mass is 16.5. The van der Waals surface area contributed by atoms with E-state index >= 15 is 0 Å². The molecule has 31 heavy (non-hydrogen) atoms. The van der Waals surface area contributed by atoms with Crippen LogP contribution in [-0.2, 0) is 20.9 Å². The highest BCUT2D eigenvalue weighted by molar-refractivity contribution is 5.93. The van der Waals surface area contributed by atoms with Crippen LogP contribution in [0.15, 0.2) is 54.6 Å². The van der Waals surface area contributed by atoms with Gasteiger partial charge in [0.2, 0.25) is 5.91 Å². The van der Waals surface area contributed by atoms with Gasteiger partial charge in [0.25, 0.3) is 0 Å². The number of piperidine rings is 1. The van der Waals surface area contributed by atoms with Gasteiger partial charge in [-0.05, 0) is 32.3 Å². The van der Waals surface area contributed by atoms with E-state index in [0.717, 1.165) is 28.6 Å². The number of aryl methyl sites for hydroxylation is 1. The zero-order valence-corrected chi connectivity index (χ0v) is 18.0. The van der Waals surface area contributed by atoms with Crippen LogP contribution in [0.25, 0.3) is 22.2 Å². The Kier molecular flexibility index (Phi) is 6.65. The topological polar surface area (TPSA) is 64.4 Å². The summed E-state index contributed by atoms with van der Waals surface area (Å²) in [7, 11) is 0. The summed E-state index contributed by atoms with van der Waals surface area (Å²) >= 11 is 0. The SMILES string of the molecule is CCOC(=O)C1CCN(C(=O)CCCn2nc(-c3ccccc3)c3ccccc32)CC1. The molecule has 2 heterocycles. The summed E-state index contributed by atoms with van der Waals surface area (Å²) in [6.07, 6.45) is 2.60. The van der Waals surface area contributed by atoms with Gasteiger partial charge >= 0.3 is 5.97 Å². The number of carbonyl (C=O) groups excluding carboxylic acids is 2. The van der Waals surface area contributed by atoms with Crippen molar-refractivity contribution in [3.63, 3.8) is 0 Å². The third-order valence-corrected chi connectivity index (χ3v) is 5.93. The second-order valence-electron chi connectivity index (χ2n) is 7.97. The van der Waals surface area contributed by atoms with E-state index in [1.54, 1.807) is 0 Å². The Morgan fingerprint density at radius 2 is 1.74 bits per heavy atom. The van der Waals surface area contributed by atoms with Crippen molar-refractivity contribution in [2.45, 2.75) is 39.2 Å². The molecule has 162 valence electrons. The van der Waals surface area contributed by atoms with Crippen LogP contribution < -0.4 is 0 Å². The van der Waals surface area contributed by atoms with E-state index in [2.05, 4.69) is 24.3 Å². The van der Waals surface area contributed by atoms with Crippen molar-refractivity contribution in [2.75, 3.05) is 19.7 Å². The maximum absolute atomic E-state index is 12.7. The fourth-order valence-electron chi connectivity index (χ4n) is 4.27. The summed E-state index contributed by atoms with van der Waals surface area (Å²) in [5, 5.41) is 5.98. The molecule has 1 saturated heterocycles. The molecule has 0 spiro atoms. The third kappa shape index (κ3) is 4.79. The number of esters is 1. The fraction of sp³-hybridized carbons (Fsp3) is 0.400. The van der Waals surface area contributed by atoms with E-state index in [1.165, 1.54) is 0 Å². The quantitative estimate of drug-likeness (QED) is 0.536. The standard InChI is InChI=1S/C25H29N3O3/c1-2-31-25(30)20-14-17-27(18-15-20)23(29)13-8-16-28-22-12-7-6-11-21(22)24(26-28)19-9-4-3-5-10-19/h3-7,9-12,20H,2,8,13-18H2,1H3. The molecule has 0 unspecified atom stereocenters. The van der Waals surface area contributed by atoms with Crippen molar-refractivity contribution in [3.05, 3.63) is 54.6 Å². The zero-order chi connectivity index (χ0) is 21.6. The molecule has 1 aliphatic rings. The van der Waals surface area contributed by atoms with Gasteiger partial charge in [-0.3, -0.25) is 14.3 Å². The molecule has 1 aliphatic heterocycles. The number of likely N-dealkylation sites (tertiary alicyclic amines) is 1. The van der Waals surface area contributed by atoms with Gasteiger partial charge < -0.3 is 9.64 Å². The van der Waals surface area contributed by atoms with E-state index in [4.69, 9.17) is 9.84 Å². The largest absolute Gasteiger partial charge is 0.466 e. The van der Waals surface area contributed by atoms with Gasteiger partial charge in [0.05, 0.1) is 18.0 Å². The molecule has 6 heteroatoms. The van der Waals surface area contributed by atoms with Crippen molar-refractivity contribution < 1.29 is 14.3 Å². The smallest absolute Gasteiger partial charge is 0.309 e. The van der Waals surface area contributed by atoms with Crippen LogP contribution in [0.5, 0.6) is 0 Å². The second-order valence-corrected chi connectivity index (χ2v) is 7.97. The van der Waals surface area contributed by atoms with Gasteiger partial charge in [0.15, 0.2) is 0 Å². The first kappa shape index (κ1) is 21.1. The third-order valence-electron chi connectivity index (χ3n) is 5.93. The van der Waals surface area contributed by atoms with E-state index in [1.807, 2.05) is 46.8 Å².